The fourth-order valence-corrected chi connectivity index (χ4v) is 2.75. The van der Waals surface area contributed by atoms with Crippen LogP contribution in [0.25, 0.3) is 10.4 Å². The number of ether oxygens (including phenoxy) is 2. The van der Waals surface area contributed by atoms with Crippen molar-refractivity contribution in [2.75, 3.05) is 12.3 Å². The third-order valence-electron chi connectivity index (χ3n) is 3.97. The van der Waals surface area contributed by atoms with E-state index in [1.807, 2.05) is 30.3 Å². The Kier molecular flexibility index (Phi) is 5.30. The third kappa shape index (κ3) is 4.16. The summed E-state index contributed by atoms with van der Waals surface area (Å²) in [6, 6.07) is 11.3. The zero-order valence-corrected chi connectivity index (χ0v) is 13.4. The molecule has 1 aromatic heterocycles. The lowest BCUT2D eigenvalue weighted by molar-refractivity contribution is -0.0385. The SMILES string of the molecule is [N-]=[N+]=NC[C@H]1O[C@@H](n2ccc(N)nc2=O)C[C@@H]1OCc1ccccc1. The molecule has 1 aliphatic heterocycles. The molecule has 0 unspecified atom stereocenters. The van der Waals surface area contributed by atoms with Crippen LogP contribution in [0.3, 0.4) is 0 Å². The van der Waals surface area contributed by atoms with Crippen LogP contribution in [0.1, 0.15) is 18.2 Å². The summed E-state index contributed by atoms with van der Waals surface area (Å²) in [5.74, 6) is 0.154. The monoisotopic (exact) mass is 342 g/mol. The van der Waals surface area contributed by atoms with Gasteiger partial charge in [-0.3, -0.25) is 4.57 Å². The minimum absolute atomic E-state index is 0.129. The van der Waals surface area contributed by atoms with Gasteiger partial charge in [-0.25, -0.2) is 4.79 Å². The normalized spacial score (nSPS) is 22.5. The quantitative estimate of drug-likeness (QED) is 0.488. The Labute approximate surface area is 143 Å². The molecule has 3 atom stereocenters. The van der Waals surface area contributed by atoms with Crippen LogP contribution in [-0.2, 0) is 16.1 Å². The molecule has 2 aromatic rings. The Balaban J connectivity index is 1.73. The van der Waals surface area contributed by atoms with Crippen molar-refractivity contribution in [1.82, 2.24) is 9.55 Å². The highest BCUT2D eigenvalue weighted by atomic mass is 16.6. The van der Waals surface area contributed by atoms with E-state index >= 15 is 0 Å². The van der Waals surface area contributed by atoms with E-state index in [4.69, 9.17) is 20.7 Å². The number of azide groups is 1. The van der Waals surface area contributed by atoms with Gasteiger partial charge in [0, 0.05) is 17.5 Å². The van der Waals surface area contributed by atoms with E-state index in [2.05, 4.69) is 15.0 Å². The molecule has 0 saturated carbocycles. The lowest BCUT2D eigenvalue weighted by atomic mass is 10.1. The molecule has 0 radical (unpaired) electrons. The number of aromatic nitrogens is 2. The van der Waals surface area contributed by atoms with Crippen molar-refractivity contribution in [2.45, 2.75) is 31.5 Å². The zero-order chi connectivity index (χ0) is 17.6. The number of hydrogen-bond acceptors (Lipinski definition) is 6. The highest BCUT2D eigenvalue weighted by Crippen LogP contribution is 2.30. The highest BCUT2D eigenvalue weighted by molar-refractivity contribution is 5.23. The van der Waals surface area contributed by atoms with E-state index in [-0.39, 0.29) is 18.5 Å². The first-order valence-corrected chi connectivity index (χ1v) is 7.84. The first-order chi connectivity index (χ1) is 12.2. The molecular formula is C16H18N6O3. The van der Waals surface area contributed by atoms with Crippen molar-refractivity contribution in [2.24, 2.45) is 5.11 Å². The summed E-state index contributed by atoms with van der Waals surface area (Å²) in [6.07, 6.45) is 0.707. The average molecular weight is 342 g/mol. The van der Waals surface area contributed by atoms with E-state index in [1.54, 1.807) is 6.20 Å². The van der Waals surface area contributed by atoms with Gasteiger partial charge in [-0.2, -0.15) is 4.98 Å². The second kappa shape index (κ2) is 7.80. The Morgan fingerprint density at radius 1 is 1.40 bits per heavy atom. The molecule has 2 N–H and O–H groups in total. The van der Waals surface area contributed by atoms with Crippen LogP contribution < -0.4 is 11.4 Å². The first-order valence-electron chi connectivity index (χ1n) is 7.84. The topological polar surface area (TPSA) is 128 Å². The molecule has 9 nitrogen and oxygen atoms in total. The Bertz CT molecular complexity index is 818. The summed E-state index contributed by atoms with van der Waals surface area (Å²) in [4.78, 5) is 18.5. The highest BCUT2D eigenvalue weighted by Gasteiger charge is 2.37. The van der Waals surface area contributed by atoms with Crippen molar-refractivity contribution < 1.29 is 9.47 Å². The van der Waals surface area contributed by atoms with E-state index < -0.39 is 18.0 Å². The van der Waals surface area contributed by atoms with E-state index in [0.29, 0.717) is 13.0 Å². The number of anilines is 1. The van der Waals surface area contributed by atoms with Gasteiger partial charge in [0.2, 0.25) is 0 Å². The summed E-state index contributed by atoms with van der Waals surface area (Å²) >= 11 is 0. The number of nitrogens with zero attached hydrogens (tertiary/aromatic N) is 5. The maximum Gasteiger partial charge on any atom is 0.351 e. The van der Waals surface area contributed by atoms with Crippen molar-refractivity contribution in [3.05, 3.63) is 69.1 Å². The number of nitrogens with two attached hydrogens (primary N) is 1. The lowest BCUT2D eigenvalue weighted by Crippen LogP contribution is -2.28. The van der Waals surface area contributed by atoms with Crippen LogP contribution in [0.2, 0.25) is 0 Å². The minimum Gasteiger partial charge on any atom is -0.383 e. The van der Waals surface area contributed by atoms with Gasteiger partial charge in [-0.1, -0.05) is 35.4 Å². The summed E-state index contributed by atoms with van der Waals surface area (Å²) in [6.45, 7) is 0.535. The fraction of sp³-hybridized carbons (Fsp3) is 0.375. The largest absolute Gasteiger partial charge is 0.383 e. The maximum absolute atomic E-state index is 12.0. The number of rotatable bonds is 6. The second-order valence-corrected chi connectivity index (χ2v) is 5.66. The zero-order valence-electron chi connectivity index (χ0n) is 13.4. The molecule has 1 aliphatic rings. The van der Waals surface area contributed by atoms with Crippen molar-refractivity contribution in [3.63, 3.8) is 0 Å². The van der Waals surface area contributed by atoms with Gasteiger partial charge in [0.1, 0.15) is 12.0 Å². The molecule has 0 amide bonds. The number of nitrogen functional groups attached to an aromatic ring is 1. The summed E-state index contributed by atoms with van der Waals surface area (Å²) < 4.78 is 13.2. The van der Waals surface area contributed by atoms with Gasteiger partial charge >= 0.3 is 5.69 Å². The predicted octanol–water partition coefficient (Wildman–Crippen LogP) is 2.01. The molecule has 0 bridgehead atoms. The molecule has 0 aliphatic carbocycles. The van der Waals surface area contributed by atoms with Crippen molar-refractivity contribution in [1.29, 1.82) is 0 Å². The van der Waals surface area contributed by atoms with Crippen LogP contribution in [0, 0.1) is 0 Å². The minimum atomic E-state index is -0.541. The average Bonchev–Trinajstić information content (AvgIpc) is 3.02. The fourth-order valence-electron chi connectivity index (χ4n) is 2.75. The molecule has 9 heteroatoms. The maximum atomic E-state index is 12.0. The van der Waals surface area contributed by atoms with E-state index in [1.165, 1.54) is 10.6 Å². The van der Waals surface area contributed by atoms with Crippen LogP contribution in [0.15, 0.2) is 52.5 Å². The van der Waals surface area contributed by atoms with Gasteiger partial charge < -0.3 is 15.2 Å². The van der Waals surface area contributed by atoms with Gasteiger partial charge in [0.15, 0.2) is 0 Å². The van der Waals surface area contributed by atoms with Crippen LogP contribution in [0.4, 0.5) is 5.82 Å². The Morgan fingerprint density at radius 2 is 2.20 bits per heavy atom. The van der Waals surface area contributed by atoms with Crippen LogP contribution in [-0.4, -0.2) is 28.3 Å². The van der Waals surface area contributed by atoms with Gasteiger partial charge in [-0.15, -0.1) is 0 Å². The molecule has 1 fully saturated rings. The predicted molar refractivity (Wildman–Crippen MR) is 90.5 cm³/mol. The Morgan fingerprint density at radius 3 is 2.92 bits per heavy atom. The number of hydrogen-bond donors (Lipinski definition) is 1. The summed E-state index contributed by atoms with van der Waals surface area (Å²) in [5.41, 5.74) is 14.6. The molecule has 25 heavy (non-hydrogen) atoms. The summed E-state index contributed by atoms with van der Waals surface area (Å²) in [5, 5.41) is 3.58. The van der Waals surface area contributed by atoms with Crippen molar-refractivity contribution >= 4 is 5.82 Å². The van der Waals surface area contributed by atoms with Gasteiger partial charge in [-0.05, 0) is 17.2 Å². The Hall–Kier alpha value is -2.87. The second-order valence-electron chi connectivity index (χ2n) is 5.66. The molecule has 0 spiro atoms. The summed E-state index contributed by atoms with van der Waals surface area (Å²) in [7, 11) is 0. The number of benzene rings is 1. The molecule has 1 saturated heterocycles. The van der Waals surface area contributed by atoms with E-state index in [9.17, 15) is 4.79 Å². The van der Waals surface area contributed by atoms with Crippen LogP contribution in [0.5, 0.6) is 0 Å². The van der Waals surface area contributed by atoms with Crippen LogP contribution >= 0.6 is 0 Å². The third-order valence-corrected chi connectivity index (χ3v) is 3.97. The first kappa shape index (κ1) is 17.0. The smallest absolute Gasteiger partial charge is 0.351 e. The molecule has 1 aromatic carbocycles. The van der Waals surface area contributed by atoms with Crippen molar-refractivity contribution in [3.8, 4) is 0 Å². The molecule has 2 heterocycles. The standard InChI is InChI=1S/C16H18N6O3/c17-14-6-7-22(16(23)20-14)15-8-12(13(25-15)9-19-21-18)24-10-11-4-2-1-3-5-11/h1-7,12-13,15H,8-10H2,(H2,17,20,23)/t12-,13+,15+/m0/s1. The molecule has 3 rings (SSSR count). The van der Waals surface area contributed by atoms with Gasteiger partial charge in [0.05, 0.1) is 25.4 Å². The van der Waals surface area contributed by atoms with E-state index in [0.717, 1.165) is 5.56 Å². The lowest BCUT2D eigenvalue weighted by Gasteiger charge is -2.17. The van der Waals surface area contributed by atoms with Gasteiger partial charge in [0.25, 0.3) is 0 Å². The molecular weight excluding hydrogens is 324 g/mol. The molecule has 130 valence electrons.